The molecule has 0 atom stereocenters. The summed E-state index contributed by atoms with van der Waals surface area (Å²) in [5.41, 5.74) is 14.4. The number of hydrogen-bond donors (Lipinski definition) is 0. The van der Waals surface area contributed by atoms with Crippen LogP contribution >= 0.6 is 0 Å². The van der Waals surface area contributed by atoms with Gasteiger partial charge in [-0.1, -0.05) is 146 Å². The van der Waals surface area contributed by atoms with Crippen LogP contribution in [0.1, 0.15) is 0 Å². The van der Waals surface area contributed by atoms with Gasteiger partial charge in [0.15, 0.2) is 0 Å². The van der Waals surface area contributed by atoms with E-state index >= 15 is 0 Å². The van der Waals surface area contributed by atoms with Gasteiger partial charge in [0, 0.05) is 32.8 Å². The number of aromatic nitrogens is 2. The molecular weight excluding hydrogens is 653 g/mol. The van der Waals surface area contributed by atoms with Gasteiger partial charge in [-0.05, 0) is 99.3 Å². The van der Waals surface area contributed by atoms with Gasteiger partial charge in [-0.3, -0.25) is 0 Å². The Hall–Kier alpha value is -7.16. The van der Waals surface area contributed by atoms with Crippen LogP contribution in [-0.4, -0.2) is 9.13 Å². The van der Waals surface area contributed by atoms with Crippen molar-refractivity contribution in [1.29, 1.82) is 0 Å². The van der Waals surface area contributed by atoms with Gasteiger partial charge in [0.25, 0.3) is 0 Å². The minimum absolute atomic E-state index is 1.16. The topological polar surface area (TPSA) is 9.86 Å². The van der Waals surface area contributed by atoms with E-state index < -0.39 is 0 Å². The van der Waals surface area contributed by atoms with Gasteiger partial charge in [-0.15, -0.1) is 0 Å². The number of para-hydroxylation sites is 3. The molecule has 11 rings (SSSR count). The van der Waals surface area contributed by atoms with Crippen molar-refractivity contribution in [2.24, 2.45) is 0 Å². The highest BCUT2D eigenvalue weighted by Crippen LogP contribution is 2.40. The predicted molar refractivity (Wildman–Crippen MR) is 229 cm³/mol. The van der Waals surface area contributed by atoms with E-state index in [1.165, 1.54) is 93.5 Å². The standard InChI is InChI=1S/C52H34N2/c1-2-13-37(14-3-1)43-16-6-9-19-48(43)54-50-21-11-8-18-45(50)47-34-41(27-31-52(47)54)40-26-30-51-46(33-40)44-17-7-10-20-49(44)53(51)42-28-24-36(25-29-42)39-23-22-35-12-4-5-15-38(35)32-39/h1-34H. The van der Waals surface area contributed by atoms with Crippen molar-refractivity contribution in [1.82, 2.24) is 9.13 Å². The molecule has 0 aliphatic carbocycles. The minimum atomic E-state index is 1.16. The SMILES string of the molecule is c1ccc(-c2ccccc2-n2c3ccccc3c3cc(-c4ccc5c(c4)c4ccccc4n5-c4ccc(-c5ccc6ccccc6c5)cc4)ccc32)cc1. The number of fused-ring (bicyclic) bond motifs is 7. The van der Waals surface area contributed by atoms with Gasteiger partial charge in [0.1, 0.15) is 0 Å². The van der Waals surface area contributed by atoms with Crippen molar-refractivity contribution in [3.8, 4) is 44.8 Å². The van der Waals surface area contributed by atoms with Gasteiger partial charge in [-0.25, -0.2) is 0 Å². The van der Waals surface area contributed by atoms with Crippen molar-refractivity contribution in [3.05, 3.63) is 206 Å². The van der Waals surface area contributed by atoms with Crippen LogP contribution in [0.3, 0.4) is 0 Å². The second kappa shape index (κ2) is 12.2. The maximum atomic E-state index is 2.43. The monoisotopic (exact) mass is 686 g/mol. The Kier molecular flexibility index (Phi) is 6.90. The summed E-state index contributed by atoms with van der Waals surface area (Å²) >= 11 is 0. The first-order valence-electron chi connectivity index (χ1n) is 18.6. The summed E-state index contributed by atoms with van der Waals surface area (Å²) in [6.07, 6.45) is 0. The van der Waals surface area contributed by atoms with Crippen molar-refractivity contribution >= 4 is 54.4 Å². The molecule has 0 N–H and O–H groups in total. The van der Waals surface area contributed by atoms with E-state index in [0.717, 1.165) is 5.69 Å². The number of nitrogens with zero attached hydrogens (tertiary/aromatic N) is 2. The summed E-state index contributed by atoms with van der Waals surface area (Å²) in [6.45, 7) is 0. The lowest BCUT2D eigenvalue weighted by Gasteiger charge is -2.14. The van der Waals surface area contributed by atoms with Crippen molar-refractivity contribution in [3.63, 3.8) is 0 Å². The second-order valence-corrected chi connectivity index (χ2v) is 14.2. The van der Waals surface area contributed by atoms with Crippen molar-refractivity contribution in [2.45, 2.75) is 0 Å². The number of rotatable bonds is 5. The molecule has 0 saturated heterocycles. The van der Waals surface area contributed by atoms with Gasteiger partial charge in [-0.2, -0.15) is 0 Å². The van der Waals surface area contributed by atoms with Crippen LogP contribution < -0.4 is 0 Å². The van der Waals surface area contributed by atoms with Gasteiger partial charge >= 0.3 is 0 Å². The summed E-state index contributed by atoms with van der Waals surface area (Å²) in [5.74, 6) is 0. The Morgan fingerprint density at radius 2 is 0.759 bits per heavy atom. The molecule has 2 nitrogen and oxygen atoms in total. The van der Waals surface area contributed by atoms with Crippen LogP contribution in [0, 0.1) is 0 Å². The molecule has 0 saturated carbocycles. The summed E-state index contributed by atoms with van der Waals surface area (Å²) in [6, 6.07) is 75.2. The molecule has 0 radical (unpaired) electrons. The summed E-state index contributed by atoms with van der Waals surface area (Å²) in [5, 5.41) is 7.53. The molecule has 2 heterocycles. The average molecular weight is 687 g/mol. The lowest BCUT2D eigenvalue weighted by Crippen LogP contribution is -1.97. The smallest absolute Gasteiger partial charge is 0.0541 e. The van der Waals surface area contributed by atoms with Crippen LogP contribution in [0.25, 0.3) is 99.1 Å². The fourth-order valence-corrected chi connectivity index (χ4v) is 8.54. The van der Waals surface area contributed by atoms with Crippen LogP contribution in [0.4, 0.5) is 0 Å². The molecule has 252 valence electrons. The molecule has 2 heteroatoms. The summed E-state index contributed by atoms with van der Waals surface area (Å²) < 4.78 is 4.83. The molecule has 9 aromatic carbocycles. The maximum absolute atomic E-state index is 2.43. The van der Waals surface area contributed by atoms with Crippen LogP contribution in [0.15, 0.2) is 206 Å². The molecule has 11 aromatic rings. The lowest BCUT2D eigenvalue weighted by atomic mass is 10.0. The summed E-state index contributed by atoms with van der Waals surface area (Å²) in [7, 11) is 0. The Morgan fingerprint density at radius 1 is 0.259 bits per heavy atom. The van der Waals surface area contributed by atoms with E-state index in [2.05, 4.69) is 215 Å². The van der Waals surface area contributed by atoms with E-state index in [-0.39, 0.29) is 0 Å². The van der Waals surface area contributed by atoms with E-state index in [9.17, 15) is 0 Å². The zero-order chi connectivity index (χ0) is 35.6. The first-order valence-corrected chi connectivity index (χ1v) is 18.6. The molecule has 0 aliphatic heterocycles. The van der Waals surface area contributed by atoms with Crippen LogP contribution in [-0.2, 0) is 0 Å². The molecule has 0 amide bonds. The second-order valence-electron chi connectivity index (χ2n) is 14.2. The molecule has 0 spiro atoms. The van der Waals surface area contributed by atoms with Gasteiger partial charge in [0.2, 0.25) is 0 Å². The largest absolute Gasteiger partial charge is 0.309 e. The van der Waals surface area contributed by atoms with Crippen LogP contribution in [0.2, 0.25) is 0 Å². The number of hydrogen-bond acceptors (Lipinski definition) is 0. The average Bonchev–Trinajstić information content (AvgIpc) is 3.76. The molecule has 0 aliphatic rings. The fourth-order valence-electron chi connectivity index (χ4n) is 8.54. The first-order chi connectivity index (χ1) is 26.8. The Labute approximate surface area is 313 Å². The highest BCUT2D eigenvalue weighted by atomic mass is 15.0. The van der Waals surface area contributed by atoms with Crippen molar-refractivity contribution in [2.75, 3.05) is 0 Å². The highest BCUT2D eigenvalue weighted by Gasteiger charge is 2.18. The zero-order valence-electron chi connectivity index (χ0n) is 29.5. The molecule has 0 fully saturated rings. The van der Waals surface area contributed by atoms with Crippen molar-refractivity contribution < 1.29 is 0 Å². The molecule has 0 bridgehead atoms. The van der Waals surface area contributed by atoms with Gasteiger partial charge < -0.3 is 9.13 Å². The lowest BCUT2D eigenvalue weighted by molar-refractivity contribution is 1.18. The zero-order valence-corrected chi connectivity index (χ0v) is 29.5. The summed E-state index contributed by atoms with van der Waals surface area (Å²) in [4.78, 5) is 0. The Balaban J connectivity index is 1.03. The minimum Gasteiger partial charge on any atom is -0.309 e. The van der Waals surface area contributed by atoms with E-state index in [1.807, 2.05) is 0 Å². The predicted octanol–water partition coefficient (Wildman–Crippen LogP) is 14.0. The fraction of sp³-hybridized carbons (Fsp3) is 0. The Morgan fingerprint density at radius 3 is 1.48 bits per heavy atom. The first kappa shape index (κ1) is 30.5. The van der Waals surface area contributed by atoms with Crippen LogP contribution in [0.5, 0.6) is 0 Å². The van der Waals surface area contributed by atoms with E-state index in [1.54, 1.807) is 0 Å². The third-order valence-corrected chi connectivity index (χ3v) is 11.1. The third-order valence-electron chi connectivity index (χ3n) is 11.1. The molecule has 0 unspecified atom stereocenters. The molecule has 2 aromatic heterocycles. The molecular formula is C52H34N2. The van der Waals surface area contributed by atoms with Gasteiger partial charge in [0.05, 0.1) is 27.8 Å². The Bertz CT molecular complexity index is 3200. The number of benzene rings is 9. The highest BCUT2D eigenvalue weighted by molar-refractivity contribution is 6.13. The molecule has 54 heavy (non-hydrogen) atoms. The quantitative estimate of drug-likeness (QED) is 0.171. The normalized spacial score (nSPS) is 11.7. The van der Waals surface area contributed by atoms with E-state index in [0.29, 0.717) is 0 Å². The third kappa shape index (κ3) is 4.81. The maximum Gasteiger partial charge on any atom is 0.0541 e. The van der Waals surface area contributed by atoms with E-state index in [4.69, 9.17) is 0 Å².